The number of hydrogen-bond acceptors (Lipinski definition) is 1. The predicted octanol–water partition coefficient (Wildman–Crippen LogP) is 5.28. The molecule has 0 N–H and O–H groups in total. The molecule has 1 aromatic heterocycles. The minimum Gasteiger partial charge on any atom is -0.267 e. The fourth-order valence-corrected chi connectivity index (χ4v) is 1.21. The van der Waals surface area contributed by atoms with E-state index in [0.29, 0.717) is 12.0 Å². The average molecular weight is 240 g/mol. The molecule has 0 saturated carbocycles. The van der Waals surface area contributed by atoms with Crippen molar-refractivity contribution >= 4 is 0 Å². The minimum absolute atomic E-state index is 0.474. The van der Waals surface area contributed by atoms with Crippen molar-refractivity contribution in [1.29, 1.82) is 0 Å². The summed E-state index contributed by atoms with van der Waals surface area (Å²) in [4.78, 5) is 0. The number of aromatic nitrogens is 2. The molecule has 0 aromatic carbocycles. The highest BCUT2D eigenvalue weighted by Crippen LogP contribution is 2.16. The molecule has 0 unspecified atom stereocenters. The molecular formula is C15H32N2. The van der Waals surface area contributed by atoms with E-state index in [0.717, 1.165) is 5.92 Å². The third kappa shape index (κ3) is 8.96. The Labute approximate surface area is 108 Å². The molecular weight excluding hydrogens is 208 g/mol. The largest absolute Gasteiger partial charge is 0.267 e. The molecule has 1 rings (SSSR count). The molecule has 0 aliphatic rings. The Balaban J connectivity index is 0. The van der Waals surface area contributed by atoms with Gasteiger partial charge in [0.05, 0.1) is 0 Å². The third-order valence-electron chi connectivity index (χ3n) is 1.78. The first-order chi connectivity index (χ1) is 7.86. The number of rotatable bonds is 2. The van der Waals surface area contributed by atoms with Gasteiger partial charge in [0.1, 0.15) is 0 Å². The van der Waals surface area contributed by atoms with Crippen LogP contribution in [0.1, 0.15) is 80.0 Å². The van der Waals surface area contributed by atoms with Crippen LogP contribution >= 0.6 is 0 Å². The summed E-state index contributed by atoms with van der Waals surface area (Å²) >= 11 is 0. The van der Waals surface area contributed by atoms with Gasteiger partial charge in [-0.05, 0) is 31.7 Å². The zero-order chi connectivity index (χ0) is 14.0. The Kier molecular flexibility index (Phi) is 11.3. The third-order valence-corrected chi connectivity index (χ3v) is 1.78. The Morgan fingerprint density at radius 1 is 0.941 bits per heavy atom. The molecule has 0 bridgehead atoms. The molecule has 1 aromatic rings. The zero-order valence-electron chi connectivity index (χ0n) is 13.3. The molecule has 2 nitrogen and oxygen atoms in total. The maximum Gasteiger partial charge on any atom is 0.0492 e. The van der Waals surface area contributed by atoms with E-state index < -0.39 is 0 Å². The highest BCUT2D eigenvalue weighted by Gasteiger charge is 2.07. The summed E-state index contributed by atoms with van der Waals surface area (Å²) in [6.45, 7) is 19.2. The quantitative estimate of drug-likeness (QED) is 0.688. The van der Waals surface area contributed by atoms with Crippen LogP contribution in [0.3, 0.4) is 0 Å². The summed E-state index contributed by atoms with van der Waals surface area (Å²) < 4.78 is 2.07. The van der Waals surface area contributed by atoms with Gasteiger partial charge in [0.15, 0.2) is 0 Å². The van der Waals surface area contributed by atoms with Crippen LogP contribution in [0, 0.1) is 5.92 Å². The predicted molar refractivity (Wildman–Crippen MR) is 78.6 cm³/mol. The molecule has 17 heavy (non-hydrogen) atoms. The highest BCUT2D eigenvalue weighted by molar-refractivity contribution is 5.06. The van der Waals surface area contributed by atoms with Crippen LogP contribution in [-0.2, 0) is 0 Å². The summed E-state index contributed by atoms with van der Waals surface area (Å²) in [6, 6.07) is 2.56. The zero-order valence-corrected chi connectivity index (χ0v) is 13.3. The molecule has 0 atom stereocenters. The van der Waals surface area contributed by atoms with Crippen molar-refractivity contribution < 1.29 is 0 Å². The first-order valence-corrected chi connectivity index (χ1v) is 6.89. The van der Waals surface area contributed by atoms with Crippen molar-refractivity contribution in [3.05, 3.63) is 18.0 Å². The summed E-state index contributed by atoms with van der Waals surface area (Å²) in [5, 5.41) is 4.25. The monoisotopic (exact) mass is 240 g/mol. The first kappa shape index (κ1) is 18.6. The lowest BCUT2D eigenvalue weighted by Crippen LogP contribution is -2.08. The lowest BCUT2D eigenvalue weighted by atomic mass is 10.1. The van der Waals surface area contributed by atoms with E-state index in [-0.39, 0.29) is 0 Å². The molecule has 0 fully saturated rings. The van der Waals surface area contributed by atoms with Gasteiger partial charge in [0.25, 0.3) is 0 Å². The van der Waals surface area contributed by atoms with Crippen LogP contribution in [0.4, 0.5) is 0 Å². The van der Waals surface area contributed by atoms with E-state index in [4.69, 9.17) is 0 Å². The van der Waals surface area contributed by atoms with Gasteiger partial charge in [-0.15, -0.1) is 0 Å². The molecule has 1 heterocycles. The van der Waals surface area contributed by atoms with Crippen molar-refractivity contribution in [1.82, 2.24) is 9.78 Å². The van der Waals surface area contributed by atoms with Crippen LogP contribution in [0.15, 0.2) is 12.3 Å². The van der Waals surface area contributed by atoms with Gasteiger partial charge in [-0.3, -0.25) is 4.68 Å². The summed E-state index contributed by atoms with van der Waals surface area (Å²) in [5.41, 5.74) is 1.32. The van der Waals surface area contributed by atoms with Gasteiger partial charge in [-0.1, -0.05) is 48.5 Å². The normalized spacial score (nSPS) is 9.88. The minimum atomic E-state index is 0.474. The van der Waals surface area contributed by atoms with Crippen LogP contribution in [0.5, 0.6) is 0 Å². The van der Waals surface area contributed by atoms with E-state index >= 15 is 0 Å². The van der Waals surface area contributed by atoms with Gasteiger partial charge >= 0.3 is 0 Å². The van der Waals surface area contributed by atoms with E-state index in [2.05, 4.69) is 64.3 Å². The fourth-order valence-electron chi connectivity index (χ4n) is 1.21. The van der Waals surface area contributed by atoms with Crippen molar-refractivity contribution in [2.24, 2.45) is 5.92 Å². The molecule has 2 heteroatoms. The molecule has 0 amide bonds. The van der Waals surface area contributed by atoms with Gasteiger partial charge in [-0.2, -0.15) is 5.10 Å². The highest BCUT2D eigenvalue weighted by atomic mass is 15.3. The van der Waals surface area contributed by atoms with E-state index in [9.17, 15) is 0 Å². The Morgan fingerprint density at radius 2 is 1.35 bits per heavy atom. The van der Waals surface area contributed by atoms with Crippen LogP contribution in [0.25, 0.3) is 0 Å². The SMILES string of the molecule is CC.CC(C)C.CC(C)c1ccnn1C(C)C. The lowest BCUT2D eigenvalue weighted by molar-refractivity contribution is 0.498. The first-order valence-electron chi connectivity index (χ1n) is 6.89. The van der Waals surface area contributed by atoms with E-state index in [1.54, 1.807) is 0 Å². The van der Waals surface area contributed by atoms with Crippen LogP contribution in [0.2, 0.25) is 0 Å². The number of hydrogen-bond donors (Lipinski definition) is 0. The molecule has 102 valence electrons. The Morgan fingerprint density at radius 3 is 1.59 bits per heavy atom. The van der Waals surface area contributed by atoms with Crippen LogP contribution in [-0.4, -0.2) is 9.78 Å². The van der Waals surface area contributed by atoms with Crippen molar-refractivity contribution in [2.45, 2.75) is 74.3 Å². The second-order valence-corrected chi connectivity index (χ2v) is 5.18. The molecule has 0 radical (unpaired) electrons. The van der Waals surface area contributed by atoms with Crippen molar-refractivity contribution in [3.63, 3.8) is 0 Å². The summed E-state index contributed by atoms with van der Waals surface area (Å²) in [5.74, 6) is 1.40. The van der Waals surface area contributed by atoms with Crippen molar-refractivity contribution in [2.75, 3.05) is 0 Å². The maximum absolute atomic E-state index is 4.25. The summed E-state index contributed by atoms with van der Waals surface area (Å²) in [6.07, 6.45) is 1.87. The van der Waals surface area contributed by atoms with Gasteiger partial charge < -0.3 is 0 Å². The number of nitrogens with zero attached hydrogens (tertiary/aromatic N) is 2. The second kappa shape index (κ2) is 10.4. The van der Waals surface area contributed by atoms with Crippen LogP contribution < -0.4 is 0 Å². The van der Waals surface area contributed by atoms with E-state index in [1.807, 2.05) is 20.0 Å². The fraction of sp³-hybridized carbons (Fsp3) is 0.800. The van der Waals surface area contributed by atoms with Crippen molar-refractivity contribution in [3.8, 4) is 0 Å². The Bertz CT molecular complexity index is 234. The van der Waals surface area contributed by atoms with Gasteiger partial charge in [0, 0.05) is 17.9 Å². The molecule has 0 aliphatic carbocycles. The Hall–Kier alpha value is -0.790. The molecule has 0 saturated heterocycles. The van der Waals surface area contributed by atoms with E-state index in [1.165, 1.54) is 5.69 Å². The topological polar surface area (TPSA) is 17.8 Å². The van der Waals surface area contributed by atoms with Gasteiger partial charge in [-0.25, -0.2) is 0 Å². The summed E-state index contributed by atoms with van der Waals surface area (Å²) in [7, 11) is 0. The van der Waals surface area contributed by atoms with Gasteiger partial charge in [0.2, 0.25) is 0 Å². The molecule has 0 spiro atoms. The second-order valence-electron chi connectivity index (χ2n) is 5.18. The lowest BCUT2D eigenvalue weighted by Gasteiger charge is -2.12. The average Bonchev–Trinajstić information content (AvgIpc) is 2.68. The smallest absolute Gasteiger partial charge is 0.0492 e. The molecule has 0 aliphatic heterocycles. The standard InChI is InChI=1S/C9H16N2.C4H10.C2H6/c1-7(2)9-5-6-10-11(9)8(3)4;1-4(2)3;1-2/h5-8H,1-4H3;4H,1-3H3;1-2H3. The maximum atomic E-state index is 4.25.